The van der Waals surface area contributed by atoms with Crippen LogP contribution in [0.4, 0.5) is 10.5 Å². The molecule has 0 fully saturated rings. The van der Waals surface area contributed by atoms with Crippen molar-refractivity contribution < 1.29 is 9.53 Å². The molecule has 0 heterocycles. The quantitative estimate of drug-likeness (QED) is 0.875. The zero-order chi connectivity index (χ0) is 15.9. The van der Waals surface area contributed by atoms with Gasteiger partial charge in [-0.1, -0.05) is 41.4 Å². The van der Waals surface area contributed by atoms with Crippen LogP contribution in [-0.4, -0.2) is 13.1 Å². The van der Waals surface area contributed by atoms with Gasteiger partial charge in [0.15, 0.2) is 0 Å². The number of carbonyl (C=O) groups excluding carboxylic acids is 1. The van der Waals surface area contributed by atoms with Crippen LogP contribution in [0.2, 0.25) is 5.02 Å². The third-order valence-corrected chi connectivity index (χ3v) is 3.18. The summed E-state index contributed by atoms with van der Waals surface area (Å²) in [5, 5.41) is 5.85. The van der Waals surface area contributed by atoms with Crippen LogP contribution >= 0.6 is 11.6 Å². The Balaban J connectivity index is 1.97. The van der Waals surface area contributed by atoms with E-state index in [-0.39, 0.29) is 6.03 Å². The maximum atomic E-state index is 11.9. The number of ether oxygens (including phenoxy) is 1. The predicted molar refractivity (Wildman–Crippen MR) is 90.4 cm³/mol. The minimum atomic E-state index is -0.371. The van der Waals surface area contributed by atoms with Crippen molar-refractivity contribution in [2.45, 2.75) is 6.92 Å². The second kappa shape index (κ2) is 7.52. The summed E-state index contributed by atoms with van der Waals surface area (Å²) in [4.78, 5) is 11.9. The number of benzene rings is 2. The first kappa shape index (κ1) is 15.9. The largest absolute Gasteiger partial charge is 0.495 e. The van der Waals surface area contributed by atoms with Crippen molar-refractivity contribution in [1.29, 1.82) is 0 Å². The van der Waals surface area contributed by atoms with Crippen LogP contribution in [0.25, 0.3) is 6.08 Å². The molecule has 114 valence electrons. The van der Waals surface area contributed by atoms with E-state index in [1.807, 2.05) is 37.3 Å². The number of anilines is 1. The highest BCUT2D eigenvalue weighted by Crippen LogP contribution is 2.27. The maximum absolute atomic E-state index is 11.9. The molecule has 2 rings (SSSR count). The summed E-state index contributed by atoms with van der Waals surface area (Å²) in [6, 6.07) is 12.6. The summed E-state index contributed by atoms with van der Waals surface area (Å²) < 4.78 is 5.17. The molecule has 0 spiro atoms. The van der Waals surface area contributed by atoms with Gasteiger partial charge < -0.3 is 15.4 Å². The number of amides is 2. The Kier molecular flexibility index (Phi) is 5.44. The molecule has 0 saturated carbocycles. The van der Waals surface area contributed by atoms with Crippen LogP contribution in [0.1, 0.15) is 11.1 Å². The molecule has 22 heavy (non-hydrogen) atoms. The maximum Gasteiger partial charge on any atom is 0.323 e. The van der Waals surface area contributed by atoms with Gasteiger partial charge in [0.1, 0.15) is 5.75 Å². The van der Waals surface area contributed by atoms with E-state index >= 15 is 0 Å². The topological polar surface area (TPSA) is 50.4 Å². The lowest BCUT2D eigenvalue weighted by Crippen LogP contribution is -2.24. The van der Waals surface area contributed by atoms with E-state index in [2.05, 4.69) is 10.6 Å². The Bertz CT molecular complexity index is 699. The summed E-state index contributed by atoms with van der Waals surface area (Å²) in [6.45, 7) is 2.02. The van der Waals surface area contributed by atoms with Crippen LogP contribution in [-0.2, 0) is 0 Å². The zero-order valence-corrected chi connectivity index (χ0v) is 13.1. The van der Waals surface area contributed by atoms with Gasteiger partial charge >= 0.3 is 6.03 Å². The SMILES string of the molecule is COc1ccc(Cl)cc1NC(=O)N/C=C/c1cccc(C)c1. The average Bonchev–Trinajstić information content (AvgIpc) is 2.47. The normalized spacial score (nSPS) is 10.5. The van der Waals surface area contributed by atoms with Crippen LogP contribution in [0, 0.1) is 6.92 Å². The van der Waals surface area contributed by atoms with Crippen molar-refractivity contribution in [2.24, 2.45) is 0 Å². The van der Waals surface area contributed by atoms with E-state index < -0.39 is 0 Å². The lowest BCUT2D eigenvalue weighted by molar-refractivity contribution is 0.255. The Hall–Kier alpha value is -2.46. The molecule has 0 aliphatic carbocycles. The van der Waals surface area contributed by atoms with Crippen molar-refractivity contribution in [3.63, 3.8) is 0 Å². The molecule has 0 aliphatic rings. The molecule has 0 atom stereocenters. The van der Waals surface area contributed by atoms with Gasteiger partial charge in [0.25, 0.3) is 0 Å². The lowest BCUT2D eigenvalue weighted by Gasteiger charge is -2.10. The van der Waals surface area contributed by atoms with Gasteiger partial charge in [-0.3, -0.25) is 0 Å². The summed E-state index contributed by atoms with van der Waals surface area (Å²) >= 11 is 5.92. The van der Waals surface area contributed by atoms with E-state index in [9.17, 15) is 4.79 Å². The summed E-state index contributed by atoms with van der Waals surface area (Å²) in [5.41, 5.74) is 2.69. The van der Waals surface area contributed by atoms with Crippen molar-refractivity contribution >= 4 is 29.4 Å². The minimum absolute atomic E-state index is 0.371. The number of hydrogen-bond donors (Lipinski definition) is 2. The zero-order valence-electron chi connectivity index (χ0n) is 12.4. The van der Waals surface area contributed by atoms with Gasteiger partial charge in [-0.2, -0.15) is 0 Å². The third-order valence-electron chi connectivity index (χ3n) is 2.94. The minimum Gasteiger partial charge on any atom is -0.495 e. The third kappa shape index (κ3) is 4.53. The van der Waals surface area contributed by atoms with Crippen molar-refractivity contribution in [1.82, 2.24) is 5.32 Å². The first-order valence-electron chi connectivity index (χ1n) is 6.73. The fourth-order valence-corrected chi connectivity index (χ4v) is 2.10. The molecule has 0 radical (unpaired) electrons. The standard InChI is InChI=1S/C17H17ClN2O2/c1-12-4-3-5-13(10-12)8-9-19-17(21)20-15-11-14(18)6-7-16(15)22-2/h3-11H,1-2H3,(H2,19,20,21)/b9-8+. The molecule has 0 aliphatic heterocycles. The van der Waals surface area contributed by atoms with Crippen LogP contribution < -0.4 is 15.4 Å². The number of rotatable bonds is 4. The molecule has 4 nitrogen and oxygen atoms in total. The van der Waals surface area contributed by atoms with Gasteiger partial charge in [-0.05, 0) is 36.8 Å². The lowest BCUT2D eigenvalue weighted by atomic mass is 10.1. The monoisotopic (exact) mass is 316 g/mol. The van der Waals surface area contributed by atoms with Gasteiger partial charge in [-0.15, -0.1) is 0 Å². The number of methoxy groups -OCH3 is 1. The fourth-order valence-electron chi connectivity index (χ4n) is 1.92. The van der Waals surface area contributed by atoms with E-state index in [1.165, 1.54) is 7.11 Å². The number of carbonyl (C=O) groups is 1. The van der Waals surface area contributed by atoms with Gasteiger partial charge in [0.05, 0.1) is 12.8 Å². The van der Waals surface area contributed by atoms with Crippen LogP contribution in [0.5, 0.6) is 5.75 Å². The predicted octanol–water partition coefficient (Wildman–Crippen LogP) is 4.45. The van der Waals surface area contributed by atoms with Crippen molar-refractivity contribution in [3.8, 4) is 5.75 Å². The van der Waals surface area contributed by atoms with Gasteiger partial charge in [0, 0.05) is 11.2 Å². The van der Waals surface area contributed by atoms with E-state index in [4.69, 9.17) is 16.3 Å². The summed E-state index contributed by atoms with van der Waals surface area (Å²) in [7, 11) is 1.53. The van der Waals surface area contributed by atoms with E-state index in [0.717, 1.165) is 11.1 Å². The second-order valence-corrected chi connectivity index (χ2v) is 5.13. The van der Waals surface area contributed by atoms with Crippen LogP contribution in [0.15, 0.2) is 48.7 Å². The second-order valence-electron chi connectivity index (χ2n) is 4.69. The molecule has 2 amide bonds. The Morgan fingerprint density at radius 2 is 2.05 bits per heavy atom. The van der Waals surface area contributed by atoms with Crippen molar-refractivity contribution in [3.05, 3.63) is 64.8 Å². The fraction of sp³-hybridized carbons (Fsp3) is 0.118. The Labute approximate surface area is 134 Å². The summed E-state index contributed by atoms with van der Waals surface area (Å²) in [5.74, 6) is 0.544. The molecule has 2 aromatic rings. The molecule has 0 saturated heterocycles. The molecule has 0 aromatic heterocycles. The molecular weight excluding hydrogens is 300 g/mol. The van der Waals surface area contributed by atoms with Crippen molar-refractivity contribution in [2.75, 3.05) is 12.4 Å². The highest BCUT2D eigenvalue weighted by molar-refractivity contribution is 6.31. The van der Waals surface area contributed by atoms with Crippen LogP contribution in [0.3, 0.4) is 0 Å². The molecule has 2 N–H and O–H groups in total. The Morgan fingerprint density at radius 3 is 2.77 bits per heavy atom. The number of nitrogens with one attached hydrogen (secondary N) is 2. The molecular formula is C17H17ClN2O2. The first-order valence-corrected chi connectivity index (χ1v) is 7.10. The molecule has 2 aromatic carbocycles. The number of aryl methyl sites for hydroxylation is 1. The number of halogens is 1. The smallest absolute Gasteiger partial charge is 0.323 e. The first-order chi connectivity index (χ1) is 10.6. The van der Waals surface area contributed by atoms with E-state index in [0.29, 0.717) is 16.5 Å². The van der Waals surface area contributed by atoms with Gasteiger partial charge in [0.2, 0.25) is 0 Å². The highest BCUT2D eigenvalue weighted by atomic mass is 35.5. The van der Waals surface area contributed by atoms with E-state index in [1.54, 1.807) is 24.4 Å². The van der Waals surface area contributed by atoms with Gasteiger partial charge in [-0.25, -0.2) is 4.79 Å². The molecule has 0 bridgehead atoms. The summed E-state index contributed by atoms with van der Waals surface area (Å²) in [6.07, 6.45) is 3.41. The highest BCUT2D eigenvalue weighted by Gasteiger charge is 2.06. The Morgan fingerprint density at radius 1 is 1.23 bits per heavy atom. The number of hydrogen-bond acceptors (Lipinski definition) is 2. The molecule has 5 heteroatoms. The number of urea groups is 1. The average molecular weight is 317 g/mol. The molecule has 0 unspecified atom stereocenters.